The van der Waals surface area contributed by atoms with Crippen molar-refractivity contribution in [3.63, 3.8) is 0 Å². The normalized spacial score (nSPS) is 16.0. The van der Waals surface area contributed by atoms with Gasteiger partial charge in [-0.25, -0.2) is 0 Å². The molecule has 0 heterocycles. The molecule has 0 aromatic rings. The van der Waals surface area contributed by atoms with E-state index in [1.54, 1.807) is 0 Å². The maximum atomic E-state index is 8.75. The van der Waals surface area contributed by atoms with E-state index < -0.39 is 12.2 Å². The molecule has 0 aliphatic rings. The molecule has 0 aromatic heterocycles. The summed E-state index contributed by atoms with van der Waals surface area (Å²) in [6.07, 6.45) is -1.48. The van der Waals surface area contributed by atoms with Gasteiger partial charge in [0.2, 0.25) is 0 Å². The van der Waals surface area contributed by atoms with E-state index in [1.165, 1.54) is 0 Å². The average molecular weight is 366 g/mol. The van der Waals surface area contributed by atoms with Gasteiger partial charge in [0.05, 0.1) is 12.2 Å². The number of hydrogen-bond acceptors (Lipinski definition) is 4. The van der Waals surface area contributed by atoms with Crippen LogP contribution in [0.25, 0.3) is 0 Å². The first-order chi connectivity index (χ1) is 3.72. The molecule has 0 saturated heterocycles. The van der Waals surface area contributed by atoms with Gasteiger partial charge in [-0.1, -0.05) is 0 Å². The third-order valence-electron chi connectivity index (χ3n) is 0.818. The molecule has 0 bridgehead atoms. The van der Waals surface area contributed by atoms with Gasteiger partial charge >= 0.3 is 26.2 Å². The Balaban J connectivity index is 0. The molecule has 2 N–H and O–H groups in total. The van der Waals surface area contributed by atoms with Crippen molar-refractivity contribution in [3.05, 3.63) is 0 Å². The first-order valence-electron chi connectivity index (χ1n) is 2.30. The van der Waals surface area contributed by atoms with Crippen LogP contribution in [0.5, 0.6) is 0 Å². The van der Waals surface area contributed by atoms with E-state index in [-0.39, 0.29) is 37.7 Å². The summed E-state index contributed by atoms with van der Waals surface area (Å²) in [4.78, 5) is 0. The molecule has 0 aliphatic carbocycles. The van der Waals surface area contributed by atoms with Crippen molar-refractivity contribution in [2.24, 2.45) is 0 Å². The quantitative estimate of drug-likeness (QED) is 0.359. The van der Waals surface area contributed by atoms with Crippen LogP contribution in [0.4, 0.5) is 0 Å². The molecule has 2 atom stereocenters. The predicted molar refractivity (Wildman–Crippen MR) is 49.7 cm³/mol. The van der Waals surface area contributed by atoms with Crippen LogP contribution in [-0.4, -0.2) is 60.1 Å². The van der Waals surface area contributed by atoms with Crippen molar-refractivity contribution in [1.29, 1.82) is 0 Å². The van der Waals surface area contributed by atoms with E-state index in [9.17, 15) is 0 Å². The molecule has 0 rings (SSSR count). The molecule has 5 heteroatoms. The summed E-state index contributed by atoms with van der Waals surface area (Å²) >= 11 is 7.53. The van der Waals surface area contributed by atoms with E-state index in [0.29, 0.717) is 0 Å². The second kappa shape index (κ2) is 7.61. The minimum atomic E-state index is -0.740. The van der Waals surface area contributed by atoms with Crippen LogP contribution < -0.4 is 0 Å². The van der Waals surface area contributed by atoms with Crippen molar-refractivity contribution in [1.82, 2.24) is 0 Å². The second-order valence-electron chi connectivity index (χ2n) is 1.50. The summed E-state index contributed by atoms with van der Waals surface area (Å²) in [5.41, 5.74) is 0. The molecule has 0 spiro atoms. The van der Waals surface area contributed by atoms with Crippen LogP contribution in [0.3, 0.4) is 0 Å². The number of rotatable bonds is 3. The SMILES string of the molecule is OC(CS)C(O)CS.[BiH3]. The Labute approximate surface area is 85.0 Å². The zero-order chi connectivity index (χ0) is 6.57. The van der Waals surface area contributed by atoms with Gasteiger partial charge in [0.1, 0.15) is 0 Å². The van der Waals surface area contributed by atoms with Gasteiger partial charge in [-0.2, -0.15) is 25.3 Å². The number of hydrogen-bond donors (Lipinski definition) is 4. The Bertz CT molecular complexity index is 56.5. The fourth-order valence-electron chi connectivity index (χ4n) is 0.243. The molecule has 2 nitrogen and oxygen atoms in total. The first kappa shape index (κ1) is 13.1. The number of aliphatic hydroxyl groups excluding tert-OH is 2. The molecule has 0 radical (unpaired) electrons. The maximum absolute atomic E-state index is 8.75. The summed E-state index contributed by atoms with van der Waals surface area (Å²) in [5, 5.41) is 17.5. The first-order valence-corrected chi connectivity index (χ1v) is 3.56. The van der Waals surface area contributed by atoms with E-state index in [4.69, 9.17) is 10.2 Å². The molecule has 0 aliphatic heterocycles. The van der Waals surface area contributed by atoms with E-state index in [1.807, 2.05) is 0 Å². The van der Waals surface area contributed by atoms with Gasteiger partial charge in [0, 0.05) is 11.5 Å². The Morgan fingerprint density at radius 1 is 1.00 bits per heavy atom. The number of thiol groups is 2. The molecular formula is C4H13BiO2S2. The Kier molecular flexibility index (Phi) is 11.1. The van der Waals surface area contributed by atoms with Gasteiger partial charge in [0.25, 0.3) is 0 Å². The predicted octanol–water partition coefficient (Wildman–Crippen LogP) is -1.62. The van der Waals surface area contributed by atoms with Crippen molar-refractivity contribution in [3.8, 4) is 0 Å². The average Bonchev–Trinajstić information content (AvgIpc) is 1.84. The van der Waals surface area contributed by atoms with E-state index in [0.717, 1.165) is 0 Å². The molecule has 0 saturated carbocycles. The van der Waals surface area contributed by atoms with Gasteiger partial charge in [-0.05, 0) is 0 Å². The van der Waals surface area contributed by atoms with Crippen molar-refractivity contribution in [2.45, 2.75) is 12.2 Å². The van der Waals surface area contributed by atoms with Crippen molar-refractivity contribution < 1.29 is 10.2 Å². The van der Waals surface area contributed by atoms with E-state index >= 15 is 0 Å². The van der Waals surface area contributed by atoms with E-state index in [2.05, 4.69) is 25.3 Å². The van der Waals surface area contributed by atoms with Crippen molar-refractivity contribution >= 4 is 51.5 Å². The molecule has 0 fully saturated rings. The minimum absolute atomic E-state index is 0. The summed E-state index contributed by atoms with van der Waals surface area (Å²) in [7, 11) is 0. The fraction of sp³-hybridized carbons (Fsp3) is 1.00. The van der Waals surface area contributed by atoms with Crippen LogP contribution in [0.15, 0.2) is 0 Å². The third-order valence-corrected chi connectivity index (χ3v) is 1.57. The Morgan fingerprint density at radius 3 is 1.33 bits per heavy atom. The zero-order valence-corrected chi connectivity index (χ0v) is 12.4. The van der Waals surface area contributed by atoms with Crippen LogP contribution >= 0.6 is 25.3 Å². The topological polar surface area (TPSA) is 40.5 Å². The van der Waals surface area contributed by atoms with Crippen LogP contribution in [0.2, 0.25) is 0 Å². The summed E-state index contributed by atoms with van der Waals surface area (Å²) < 4.78 is 0. The fourth-order valence-corrected chi connectivity index (χ4v) is 0.730. The summed E-state index contributed by atoms with van der Waals surface area (Å²) in [6.45, 7) is 0. The van der Waals surface area contributed by atoms with Crippen LogP contribution in [0, 0.1) is 0 Å². The standard InChI is InChI=1S/C4H10O2S2.Bi.3H/c5-3(1-7)4(6)2-8;;;;/h3-8H,1-2H2;;;;. The van der Waals surface area contributed by atoms with Gasteiger partial charge in [-0.15, -0.1) is 0 Å². The van der Waals surface area contributed by atoms with Crippen LogP contribution in [-0.2, 0) is 0 Å². The summed E-state index contributed by atoms with van der Waals surface area (Å²) in [5.74, 6) is 0.559. The van der Waals surface area contributed by atoms with Gasteiger partial charge < -0.3 is 10.2 Å². The van der Waals surface area contributed by atoms with Gasteiger partial charge in [-0.3, -0.25) is 0 Å². The summed E-state index contributed by atoms with van der Waals surface area (Å²) in [6, 6.07) is 0. The molecule has 0 amide bonds. The molecule has 58 valence electrons. The zero-order valence-electron chi connectivity index (χ0n) is 5.06. The molecular weight excluding hydrogens is 353 g/mol. The van der Waals surface area contributed by atoms with Crippen molar-refractivity contribution in [2.75, 3.05) is 11.5 Å². The monoisotopic (exact) mass is 366 g/mol. The Morgan fingerprint density at radius 2 is 1.22 bits per heavy atom. The molecule has 9 heavy (non-hydrogen) atoms. The molecule has 2 unspecified atom stereocenters. The van der Waals surface area contributed by atoms with Crippen LogP contribution in [0.1, 0.15) is 0 Å². The third kappa shape index (κ3) is 5.92. The second-order valence-corrected chi connectivity index (χ2v) is 2.23. The Hall–Kier alpha value is 1.50. The number of aliphatic hydroxyl groups is 2. The molecule has 0 aromatic carbocycles. The van der Waals surface area contributed by atoms with Gasteiger partial charge in [0.15, 0.2) is 0 Å².